The van der Waals surface area contributed by atoms with Crippen molar-refractivity contribution < 1.29 is 19.1 Å². The highest BCUT2D eigenvalue weighted by molar-refractivity contribution is 7.11. The van der Waals surface area contributed by atoms with Gasteiger partial charge in [0.15, 0.2) is 0 Å². The lowest BCUT2D eigenvalue weighted by atomic mass is 10.1. The molecule has 1 atom stereocenters. The highest BCUT2D eigenvalue weighted by Crippen LogP contribution is 2.19. The summed E-state index contributed by atoms with van der Waals surface area (Å²) in [7, 11) is 0. The first-order chi connectivity index (χ1) is 16.8. The fourth-order valence-corrected chi connectivity index (χ4v) is 5.17. The molecule has 0 radical (unpaired) electrons. The van der Waals surface area contributed by atoms with Crippen LogP contribution in [-0.2, 0) is 32.0 Å². The van der Waals surface area contributed by atoms with Crippen LogP contribution in [0, 0.1) is 13.8 Å². The topological polar surface area (TPSA) is 83.0 Å². The van der Waals surface area contributed by atoms with Gasteiger partial charge in [0, 0.05) is 37.6 Å². The van der Waals surface area contributed by atoms with Gasteiger partial charge in [-0.3, -0.25) is 14.4 Å². The minimum Gasteiger partial charge on any atom is -0.365 e. The Balaban J connectivity index is 1.72. The SMILES string of the molecule is CCN(CC)C(=O)CO[C@@H]1CN(CCc2ccccc2)C(=O)CN(C(=O)Cc2sc(C)nc2C)C1. The molecule has 0 aliphatic carbocycles. The lowest BCUT2D eigenvalue weighted by molar-refractivity contribution is -0.139. The minimum atomic E-state index is -0.440. The summed E-state index contributed by atoms with van der Waals surface area (Å²) in [5, 5.41) is 0.917. The molecule has 1 saturated heterocycles. The molecular formula is C26H36N4O4S. The van der Waals surface area contributed by atoms with E-state index in [0.717, 1.165) is 21.1 Å². The van der Waals surface area contributed by atoms with Gasteiger partial charge in [-0.2, -0.15) is 0 Å². The molecule has 190 valence electrons. The van der Waals surface area contributed by atoms with Gasteiger partial charge in [0.25, 0.3) is 0 Å². The van der Waals surface area contributed by atoms with Gasteiger partial charge < -0.3 is 19.4 Å². The summed E-state index contributed by atoms with van der Waals surface area (Å²) in [4.78, 5) is 49.2. The fraction of sp³-hybridized carbons (Fsp3) is 0.538. The second-order valence-electron chi connectivity index (χ2n) is 8.77. The van der Waals surface area contributed by atoms with Gasteiger partial charge in [-0.05, 0) is 39.7 Å². The van der Waals surface area contributed by atoms with Crippen LogP contribution in [0.15, 0.2) is 30.3 Å². The molecular weight excluding hydrogens is 464 g/mol. The number of amides is 3. The molecule has 0 bridgehead atoms. The Morgan fingerprint density at radius 2 is 1.86 bits per heavy atom. The summed E-state index contributed by atoms with van der Waals surface area (Å²) in [6.45, 7) is 10.00. The molecule has 3 amide bonds. The summed E-state index contributed by atoms with van der Waals surface area (Å²) in [5.41, 5.74) is 1.99. The number of thiazole rings is 1. The lowest BCUT2D eigenvalue weighted by Crippen LogP contribution is -2.42. The molecule has 8 nitrogen and oxygen atoms in total. The van der Waals surface area contributed by atoms with E-state index in [1.54, 1.807) is 14.7 Å². The van der Waals surface area contributed by atoms with E-state index in [0.29, 0.717) is 32.6 Å². The lowest BCUT2D eigenvalue weighted by Gasteiger charge is -2.26. The van der Waals surface area contributed by atoms with E-state index < -0.39 is 6.10 Å². The molecule has 1 aromatic carbocycles. The molecule has 9 heteroatoms. The molecule has 0 N–H and O–H groups in total. The number of carbonyl (C=O) groups is 3. The van der Waals surface area contributed by atoms with Crippen molar-refractivity contribution in [2.24, 2.45) is 0 Å². The number of aryl methyl sites for hydroxylation is 2. The van der Waals surface area contributed by atoms with Crippen LogP contribution < -0.4 is 0 Å². The zero-order chi connectivity index (χ0) is 25.4. The number of likely N-dealkylation sites (N-methyl/N-ethyl adjacent to an activating group) is 1. The number of hydrogen-bond acceptors (Lipinski definition) is 6. The Labute approximate surface area is 211 Å². The van der Waals surface area contributed by atoms with E-state index in [1.165, 1.54) is 11.3 Å². The Morgan fingerprint density at radius 1 is 1.14 bits per heavy atom. The Kier molecular flexibility index (Phi) is 9.80. The maximum atomic E-state index is 13.2. The third-order valence-electron chi connectivity index (χ3n) is 6.26. The predicted molar refractivity (Wildman–Crippen MR) is 136 cm³/mol. The maximum Gasteiger partial charge on any atom is 0.248 e. The van der Waals surface area contributed by atoms with E-state index in [1.807, 2.05) is 58.0 Å². The first-order valence-electron chi connectivity index (χ1n) is 12.2. The van der Waals surface area contributed by atoms with Crippen molar-refractivity contribution in [3.8, 4) is 0 Å². The third-order valence-corrected chi connectivity index (χ3v) is 7.34. The highest BCUT2D eigenvalue weighted by atomic mass is 32.1. The van der Waals surface area contributed by atoms with E-state index in [4.69, 9.17) is 4.74 Å². The van der Waals surface area contributed by atoms with Crippen LogP contribution in [0.1, 0.15) is 35.0 Å². The molecule has 1 aliphatic rings. The average Bonchev–Trinajstić information content (AvgIpc) is 3.06. The van der Waals surface area contributed by atoms with Crippen LogP contribution in [0.3, 0.4) is 0 Å². The largest absolute Gasteiger partial charge is 0.365 e. The molecule has 35 heavy (non-hydrogen) atoms. The number of hydrogen-bond donors (Lipinski definition) is 0. The number of carbonyl (C=O) groups excluding carboxylic acids is 3. The standard InChI is InChI=1S/C26H36N4O4S/c1-5-28(6-2)26(33)18-34-22-15-29(13-12-21-10-8-7-9-11-21)25(32)17-30(16-22)24(31)14-23-19(3)27-20(4)35-23/h7-11,22H,5-6,12-18H2,1-4H3/t22-/m1/s1. The summed E-state index contributed by atoms with van der Waals surface area (Å²) in [5.74, 6) is -0.318. The van der Waals surface area contributed by atoms with Crippen LogP contribution in [0.2, 0.25) is 0 Å². The fourth-order valence-electron chi connectivity index (χ4n) is 4.24. The average molecular weight is 501 g/mol. The Bertz CT molecular complexity index is 1010. The second-order valence-corrected chi connectivity index (χ2v) is 10.1. The maximum absolute atomic E-state index is 13.2. The van der Waals surface area contributed by atoms with Crippen molar-refractivity contribution in [3.05, 3.63) is 51.5 Å². The normalized spacial score (nSPS) is 16.3. The molecule has 1 aromatic heterocycles. The summed E-state index contributed by atoms with van der Waals surface area (Å²) >= 11 is 1.51. The second kappa shape index (κ2) is 12.8. The molecule has 1 aliphatic heterocycles. The van der Waals surface area contributed by atoms with Gasteiger partial charge in [-0.1, -0.05) is 30.3 Å². The van der Waals surface area contributed by atoms with Crippen molar-refractivity contribution in [1.29, 1.82) is 0 Å². The van der Waals surface area contributed by atoms with Gasteiger partial charge >= 0.3 is 0 Å². The van der Waals surface area contributed by atoms with Gasteiger partial charge in [0.1, 0.15) is 6.61 Å². The first-order valence-corrected chi connectivity index (χ1v) is 13.0. The smallest absolute Gasteiger partial charge is 0.248 e. The van der Waals surface area contributed by atoms with Crippen molar-refractivity contribution in [3.63, 3.8) is 0 Å². The van der Waals surface area contributed by atoms with Gasteiger partial charge in [0.05, 0.1) is 29.8 Å². The summed E-state index contributed by atoms with van der Waals surface area (Å²) in [6, 6.07) is 10.00. The number of rotatable bonds is 10. The molecule has 0 spiro atoms. The van der Waals surface area contributed by atoms with Crippen LogP contribution in [-0.4, -0.2) is 89.4 Å². The van der Waals surface area contributed by atoms with Gasteiger partial charge in [-0.25, -0.2) is 4.98 Å². The van der Waals surface area contributed by atoms with Crippen LogP contribution in [0.5, 0.6) is 0 Å². The third kappa shape index (κ3) is 7.60. The van der Waals surface area contributed by atoms with Crippen LogP contribution in [0.25, 0.3) is 0 Å². The molecule has 1 fully saturated rings. The Morgan fingerprint density at radius 3 is 2.49 bits per heavy atom. The minimum absolute atomic E-state index is 0.00824. The van der Waals surface area contributed by atoms with Crippen LogP contribution in [0.4, 0.5) is 0 Å². The number of nitrogens with zero attached hydrogens (tertiary/aromatic N) is 4. The van der Waals surface area contributed by atoms with E-state index >= 15 is 0 Å². The summed E-state index contributed by atoms with van der Waals surface area (Å²) in [6.07, 6.45) is 0.481. The predicted octanol–water partition coefficient (Wildman–Crippen LogP) is 2.47. The summed E-state index contributed by atoms with van der Waals surface area (Å²) < 4.78 is 6.01. The van der Waals surface area contributed by atoms with Gasteiger partial charge in [-0.15, -0.1) is 11.3 Å². The number of aromatic nitrogens is 1. The Hall–Kier alpha value is -2.78. The van der Waals surface area contributed by atoms with Crippen molar-refractivity contribution in [1.82, 2.24) is 19.7 Å². The van der Waals surface area contributed by atoms with E-state index in [9.17, 15) is 14.4 Å². The van der Waals surface area contributed by atoms with Crippen molar-refractivity contribution >= 4 is 29.1 Å². The number of benzene rings is 1. The number of ether oxygens (including phenoxy) is 1. The molecule has 0 saturated carbocycles. The molecule has 2 aromatic rings. The van der Waals surface area contributed by atoms with Gasteiger partial charge in [0.2, 0.25) is 17.7 Å². The molecule has 0 unspecified atom stereocenters. The van der Waals surface area contributed by atoms with E-state index in [-0.39, 0.29) is 43.8 Å². The molecule has 2 heterocycles. The monoisotopic (exact) mass is 500 g/mol. The first kappa shape index (κ1) is 26.8. The molecule has 3 rings (SSSR count). The van der Waals surface area contributed by atoms with Crippen LogP contribution >= 0.6 is 11.3 Å². The quantitative estimate of drug-likeness (QED) is 0.501. The zero-order valence-corrected chi connectivity index (χ0v) is 22.0. The van der Waals surface area contributed by atoms with Crippen molar-refractivity contribution in [2.75, 3.05) is 45.9 Å². The van der Waals surface area contributed by atoms with Crippen molar-refractivity contribution in [2.45, 2.75) is 46.6 Å². The zero-order valence-electron chi connectivity index (χ0n) is 21.2. The highest BCUT2D eigenvalue weighted by Gasteiger charge is 2.31. The van der Waals surface area contributed by atoms with E-state index in [2.05, 4.69) is 4.98 Å².